The van der Waals surface area contributed by atoms with E-state index in [-0.39, 0.29) is 18.3 Å². The summed E-state index contributed by atoms with van der Waals surface area (Å²) in [4.78, 5) is 55.5. The van der Waals surface area contributed by atoms with Gasteiger partial charge in [0.25, 0.3) is 11.8 Å². The number of H-pyrrole nitrogens is 1. The van der Waals surface area contributed by atoms with Crippen LogP contribution >= 0.6 is 0 Å². The molecule has 2 aliphatic rings. The Hall–Kier alpha value is -3.92. The van der Waals surface area contributed by atoms with Gasteiger partial charge in [0.2, 0.25) is 0 Å². The summed E-state index contributed by atoms with van der Waals surface area (Å²) in [6.07, 6.45) is 2.49. The number of aromatic nitrogens is 2. The smallest absolute Gasteiger partial charge is 0.322 e. The van der Waals surface area contributed by atoms with E-state index < -0.39 is 23.4 Å². The van der Waals surface area contributed by atoms with Crippen LogP contribution in [0.2, 0.25) is 0 Å². The second-order valence-electron chi connectivity index (χ2n) is 9.75. The summed E-state index contributed by atoms with van der Waals surface area (Å²) in [6.45, 7) is 2.99. The number of rotatable bonds is 7. The van der Waals surface area contributed by atoms with E-state index in [1.54, 1.807) is 11.5 Å². The first kappa shape index (κ1) is 23.8. The van der Waals surface area contributed by atoms with Gasteiger partial charge in [-0.3, -0.25) is 24.5 Å². The van der Waals surface area contributed by atoms with E-state index in [4.69, 9.17) is 0 Å². The van der Waals surface area contributed by atoms with E-state index in [2.05, 4.69) is 15.7 Å². The highest BCUT2D eigenvalue weighted by molar-refractivity contribution is 6.07. The van der Waals surface area contributed by atoms with E-state index in [1.165, 1.54) is 0 Å². The number of nitrogens with one attached hydrogen (secondary N) is 3. The van der Waals surface area contributed by atoms with Crippen LogP contribution in [0.15, 0.2) is 59.4 Å². The molecule has 0 aliphatic carbocycles. The maximum absolute atomic E-state index is 13.0. The number of aromatic amines is 1. The first-order valence-electron chi connectivity index (χ1n) is 12.3. The number of urea groups is 1. The summed E-state index contributed by atoms with van der Waals surface area (Å²) >= 11 is 0. The second-order valence-corrected chi connectivity index (χ2v) is 9.75. The summed E-state index contributed by atoms with van der Waals surface area (Å²) in [5.41, 5.74) is 4.05. The third-order valence-corrected chi connectivity index (χ3v) is 7.17. The number of fused-ring (bicyclic) bond motifs is 1. The molecular weight excluding hydrogens is 460 g/mol. The molecule has 2 aliphatic heterocycles. The number of benzene rings is 2. The Morgan fingerprint density at radius 1 is 1.03 bits per heavy atom. The molecule has 1 aromatic heterocycles. The second kappa shape index (κ2) is 9.62. The summed E-state index contributed by atoms with van der Waals surface area (Å²) in [6, 6.07) is 16.8. The van der Waals surface area contributed by atoms with Crippen molar-refractivity contribution in [1.82, 2.24) is 30.2 Å². The molecule has 2 fully saturated rings. The van der Waals surface area contributed by atoms with Gasteiger partial charge in [-0.15, -0.1) is 0 Å². The number of likely N-dealkylation sites (tertiary alicyclic amines) is 1. The van der Waals surface area contributed by atoms with Crippen LogP contribution in [0.5, 0.6) is 0 Å². The predicted molar refractivity (Wildman–Crippen MR) is 134 cm³/mol. The molecule has 10 nitrogen and oxygen atoms in total. The third-order valence-electron chi connectivity index (χ3n) is 7.17. The maximum Gasteiger partial charge on any atom is 0.344 e. The van der Waals surface area contributed by atoms with Gasteiger partial charge in [0.15, 0.2) is 0 Å². The number of imidazole rings is 1. The molecule has 4 amide bonds. The van der Waals surface area contributed by atoms with Crippen LogP contribution in [0.25, 0.3) is 11.0 Å². The van der Waals surface area contributed by atoms with E-state index >= 15 is 0 Å². The van der Waals surface area contributed by atoms with Crippen molar-refractivity contribution < 1.29 is 14.4 Å². The number of aryl methyl sites for hydroxylation is 1. The van der Waals surface area contributed by atoms with Gasteiger partial charge >= 0.3 is 11.7 Å². The van der Waals surface area contributed by atoms with Crippen molar-refractivity contribution in [2.24, 2.45) is 0 Å². The fourth-order valence-electron chi connectivity index (χ4n) is 5.13. The van der Waals surface area contributed by atoms with Gasteiger partial charge in [0.05, 0.1) is 17.6 Å². The van der Waals surface area contributed by atoms with Crippen molar-refractivity contribution in [2.75, 3.05) is 19.6 Å². The molecule has 3 N–H and O–H groups in total. The Kier molecular flexibility index (Phi) is 6.36. The molecule has 3 heterocycles. The maximum atomic E-state index is 13.0. The summed E-state index contributed by atoms with van der Waals surface area (Å²) in [7, 11) is 0. The topological polar surface area (TPSA) is 120 Å². The molecule has 1 unspecified atom stereocenters. The van der Waals surface area contributed by atoms with Crippen LogP contribution in [0.3, 0.4) is 0 Å². The lowest BCUT2D eigenvalue weighted by Crippen LogP contribution is -2.52. The van der Waals surface area contributed by atoms with Crippen LogP contribution < -0.4 is 16.4 Å². The predicted octanol–water partition coefficient (Wildman–Crippen LogP) is 1.94. The largest absolute Gasteiger partial charge is 0.344 e. The van der Waals surface area contributed by atoms with E-state index in [9.17, 15) is 19.2 Å². The van der Waals surface area contributed by atoms with Gasteiger partial charge in [0.1, 0.15) is 5.54 Å². The molecule has 0 bridgehead atoms. The van der Waals surface area contributed by atoms with Crippen molar-refractivity contribution in [3.63, 3.8) is 0 Å². The molecule has 2 saturated heterocycles. The number of carbonyl (C=O) groups excluding carboxylic acids is 3. The molecule has 36 heavy (non-hydrogen) atoms. The quantitative estimate of drug-likeness (QED) is 0.438. The molecule has 0 saturated carbocycles. The average molecular weight is 491 g/mol. The van der Waals surface area contributed by atoms with Crippen molar-refractivity contribution in [2.45, 2.75) is 44.2 Å². The zero-order valence-corrected chi connectivity index (χ0v) is 20.2. The normalized spacial score (nSPS) is 21.2. The van der Waals surface area contributed by atoms with Gasteiger partial charge in [0, 0.05) is 19.1 Å². The van der Waals surface area contributed by atoms with Crippen molar-refractivity contribution in [3.8, 4) is 0 Å². The van der Waals surface area contributed by atoms with Crippen molar-refractivity contribution in [1.29, 1.82) is 0 Å². The SMILES string of the molecule is CC1(CCc2ccccc2)NC(=O)N(NC(=O)CN2CCC(n3c(=O)[nH]c4ccccc43)CC2)C1=O. The molecule has 1 atom stereocenters. The Morgan fingerprint density at radius 2 is 1.72 bits per heavy atom. The molecule has 0 spiro atoms. The lowest BCUT2D eigenvalue weighted by Gasteiger charge is -2.32. The van der Waals surface area contributed by atoms with Crippen LogP contribution in [0.4, 0.5) is 4.79 Å². The van der Waals surface area contributed by atoms with Crippen molar-refractivity contribution >= 4 is 28.9 Å². The molecule has 10 heteroatoms. The highest BCUT2D eigenvalue weighted by atomic mass is 16.2. The Labute approximate surface area is 208 Å². The minimum atomic E-state index is -1.08. The third kappa shape index (κ3) is 4.64. The Balaban J connectivity index is 1.14. The van der Waals surface area contributed by atoms with Crippen LogP contribution in [0.1, 0.15) is 37.8 Å². The van der Waals surface area contributed by atoms with Gasteiger partial charge in [-0.1, -0.05) is 42.5 Å². The minimum absolute atomic E-state index is 0.0456. The zero-order chi connectivity index (χ0) is 25.3. The van der Waals surface area contributed by atoms with E-state index in [1.807, 2.05) is 59.5 Å². The standard InChI is InChI=1S/C26H30N6O4/c1-26(14-11-18-7-3-2-4-8-18)23(34)32(25(36)28-26)29-22(33)17-30-15-12-19(13-16-30)31-21-10-6-5-9-20(21)27-24(31)35/h2-10,19H,11-17H2,1H3,(H,27,35)(H,28,36)(H,29,33). The first-order chi connectivity index (χ1) is 17.3. The number of para-hydroxylation sites is 2. The fourth-order valence-corrected chi connectivity index (χ4v) is 5.13. The van der Waals surface area contributed by atoms with Crippen LogP contribution in [0, 0.1) is 0 Å². The first-order valence-corrected chi connectivity index (χ1v) is 12.3. The molecule has 2 aromatic carbocycles. The van der Waals surface area contributed by atoms with Gasteiger partial charge in [-0.05, 0) is 50.3 Å². The lowest BCUT2D eigenvalue weighted by atomic mass is 9.93. The highest BCUT2D eigenvalue weighted by Gasteiger charge is 2.48. The summed E-state index contributed by atoms with van der Waals surface area (Å²) in [5, 5.41) is 3.52. The molecule has 3 aromatic rings. The number of piperidine rings is 1. The van der Waals surface area contributed by atoms with Gasteiger partial charge < -0.3 is 10.3 Å². The number of hydrogen-bond acceptors (Lipinski definition) is 5. The average Bonchev–Trinajstić information content (AvgIpc) is 3.32. The van der Waals surface area contributed by atoms with Crippen LogP contribution in [-0.4, -0.2) is 62.5 Å². The molecule has 0 radical (unpaired) electrons. The summed E-state index contributed by atoms with van der Waals surface area (Å²) < 4.78 is 1.80. The summed E-state index contributed by atoms with van der Waals surface area (Å²) in [5.74, 6) is -0.886. The highest BCUT2D eigenvalue weighted by Crippen LogP contribution is 2.25. The Morgan fingerprint density at radius 3 is 2.47 bits per heavy atom. The fraction of sp³-hybridized carbons (Fsp3) is 0.385. The number of hydrazine groups is 1. The van der Waals surface area contributed by atoms with E-state index in [0.717, 1.165) is 34.4 Å². The number of carbonyl (C=O) groups is 3. The minimum Gasteiger partial charge on any atom is -0.322 e. The number of nitrogens with zero attached hydrogens (tertiary/aromatic N) is 3. The van der Waals surface area contributed by atoms with Gasteiger partial charge in [-0.2, -0.15) is 5.01 Å². The molecule has 188 valence electrons. The molecular formula is C26H30N6O4. The van der Waals surface area contributed by atoms with Gasteiger partial charge in [-0.25, -0.2) is 9.59 Å². The van der Waals surface area contributed by atoms with Crippen molar-refractivity contribution in [3.05, 3.63) is 70.6 Å². The number of hydrogen-bond donors (Lipinski definition) is 3. The molecule has 5 rings (SSSR count). The number of imide groups is 1. The Bertz CT molecular complexity index is 1340. The number of amides is 4. The monoisotopic (exact) mass is 490 g/mol. The zero-order valence-electron chi connectivity index (χ0n) is 20.2. The lowest BCUT2D eigenvalue weighted by molar-refractivity contribution is -0.139. The van der Waals surface area contributed by atoms with E-state index in [0.29, 0.717) is 25.9 Å². The van der Waals surface area contributed by atoms with Crippen LogP contribution in [-0.2, 0) is 16.0 Å².